The Labute approximate surface area is 103 Å². The summed E-state index contributed by atoms with van der Waals surface area (Å²) in [4.78, 5) is 14.2. The molecule has 0 bridgehead atoms. The molecule has 1 aromatic carbocycles. The van der Waals surface area contributed by atoms with Crippen LogP contribution in [0.1, 0.15) is 32.6 Å². The lowest BCUT2D eigenvalue weighted by Crippen LogP contribution is -2.39. The standard InChI is InChI=1S/C14H20N2O/c1-2-10-16(14(17)11-4-3-5-11)13-8-6-12(15)7-9-13/h6-9,11H,2-5,10,15H2,1H3. The lowest BCUT2D eigenvalue weighted by molar-refractivity contribution is -0.124. The number of nitrogens with zero attached hydrogens (tertiary/aromatic N) is 1. The van der Waals surface area contributed by atoms with Crippen LogP contribution in [0.15, 0.2) is 24.3 Å². The maximum absolute atomic E-state index is 12.3. The van der Waals surface area contributed by atoms with Crippen LogP contribution in [0.2, 0.25) is 0 Å². The maximum atomic E-state index is 12.3. The first-order valence-electron chi connectivity index (χ1n) is 6.39. The molecule has 0 radical (unpaired) electrons. The van der Waals surface area contributed by atoms with E-state index in [1.165, 1.54) is 6.42 Å². The Kier molecular flexibility index (Phi) is 3.67. The normalized spacial score (nSPS) is 15.4. The number of carbonyl (C=O) groups is 1. The van der Waals surface area contributed by atoms with Gasteiger partial charge in [0.1, 0.15) is 0 Å². The number of carbonyl (C=O) groups excluding carboxylic acids is 1. The molecule has 0 spiro atoms. The predicted octanol–water partition coefficient (Wildman–Crippen LogP) is 2.81. The smallest absolute Gasteiger partial charge is 0.230 e. The third-order valence-electron chi connectivity index (χ3n) is 3.37. The van der Waals surface area contributed by atoms with Crippen LogP contribution in [0.25, 0.3) is 0 Å². The van der Waals surface area contributed by atoms with Crippen LogP contribution < -0.4 is 10.6 Å². The highest BCUT2D eigenvalue weighted by molar-refractivity contribution is 5.95. The van der Waals surface area contributed by atoms with E-state index in [0.717, 1.165) is 37.2 Å². The van der Waals surface area contributed by atoms with Crippen LogP contribution in [0.5, 0.6) is 0 Å². The summed E-state index contributed by atoms with van der Waals surface area (Å²) in [5, 5.41) is 0. The first-order valence-corrected chi connectivity index (χ1v) is 6.39. The van der Waals surface area contributed by atoms with Gasteiger partial charge in [-0.2, -0.15) is 0 Å². The minimum atomic E-state index is 0.249. The Hall–Kier alpha value is -1.51. The van der Waals surface area contributed by atoms with Crippen molar-refractivity contribution in [2.75, 3.05) is 17.2 Å². The molecule has 1 aromatic rings. The lowest BCUT2D eigenvalue weighted by Gasteiger charge is -2.31. The molecule has 1 saturated carbocycles. The summed E-state index contributed by atoms with van der Waals surface area (Å²) in [6, 6.07) is 7.57. The van der Waals surface area contributed by atoms with Gasteiger partial charge in [0.05, 0.1) is 0 Å². The molecular weight excluding hydrogens is 212 g/mol. The second-order valence-electron chi connectivity index (χ2n) is 4.71. The SMILES string of the molecule is CCCN(C(=O)C1CCC1)c1ccc(N)cc1. The van der Waals surface area contributed by atoms with Crippen molar-refractivity contribution >= 4 is 17.3 Å². The van der Waals surface area contributed by atoms with Crippen molar-refractivity contribution < 1.29 is 4.79 Å². The Morgan fingerprint density at radius 1 is 1.35 bits per heavy atom. The second-order valence-corrected chi connectivity index (χ2v) is 4.71. The zero-order chi connectivity index (χ0) is 12.3. The summed E-state index contributed by atoms with van der Waals surface area (Å²) in [5.41, 5.74) is 7.38. The molecule has 0 atom stereocenters. The van der Waals surface area contributed by atoms with Crippen LogP contribution >= 0.6 is 0 Å². The molecule has 3 heteroatoms. The summed E-state index contributed by atoms with van der Waals surface area (Å²) in [7, 11) is 0. The van der Waals surface area contributed by atoms with Gasteiger partial charge in [0.2, 0.25) is 5.91 Å². The maximum Gasteiger partial charge on any atom is 0.230 e. The van der Waals surface area contributed by atoms with Crippen LogP contribution in [-0.4, -0.2) is 12.5 Å². The van der Waals surface area contributed by atoms with Crippen LogP contribution in [-0.2, 0) is 4.79 Å². The molecule has 0 unspecified atom stereocenters. The van der Waals surface area contributed by atoms with Crippen LogP contribution in [0.3, 0.4) is 0 Å². The quantitative estimate of drug-likeness (QED) is 0.811. The number of nitrogens with two attached hydrogens (primary N) is 1. The van der Waals surface area contributed by atoms with E-state index in [1.54, 1.807) is 0 Å². The molecule has 0 aliphatic heterocycles. The molecule has 0 aromatic heterocycles. The lowest BCUT2D eigenvalue weighted by atomic mass is 9.84. The molecule has 92 valence electrons. The van der Waals surface area contributed by atoms with Gasteiger partial charge in [0.25, 0.3) is 0 Å². The third kappa shape index (κ3) is 2.60. The Balaban J connectivity index is 2.15. The van der Waals surface area contributed by atoms with E-state index in [-0.39, 0.29) is 11.8 Å². The number of anilines is 2. The molecule has 2 rings (SSSR count). The van der Waals surface area contributed by atoms with Crippen molar-refractivity contribution in [3.05, 3.63) is 24.3 Å². The molecule has 0 heterocycles. The van der Waals surface area contributed by atoms with Gasteiger partial charge in [0.15, 0.2) is 0 Å². The number of benzene rings is 1. The first kappa shape index (κ1) is 12.0. The van der Waals surface area contributed by atoms with Gasteiger partial charge in [-0.05, 0) is 43.5 Å². The summed E-state index contributed by atoms with van der Waals surface area (Å²) >= 11 is 0. The fraction of sp³-hybridized carbons (Fsp3) is 0.500. The topological polar surface area (TPSA) is 46.3 Å². The van der Waals surface area contributed by atoms with E-state index in [2.05, 4.69) is 6.92 Å². The van der Waals surface area contributed by atoms with Crippen molar-refractivity contribution in [1.29, 1.82) is 0 Å². The summed E-state index contributed by atoms with van der Waals surface area (Å²) < 4.78 is 0. The Morgan fingerprint density at radius 2 is 2.00 bits per heavy atom. The highest BCUT2D eigenvalue weighted by Gasteiger charge is 2.29. The van der Waals surface area contributed by atoms with Gasteiger partial charge in [-0.15, -0.1) is 0 Å². The molecule has 2 N–H and O–H groups in total. The second kappa shape index (κ2) is 5.21. The molecule has 0 saturated heterocycles. The highest BCUT2D eigenvalue weighted by atomic mass is 16.2. The van der Waals surface area contributed by atoms with E-state index in [9.17, 15) is 4.79 Å². The van der Waals surface area contributed by atoms with Crippen molar-refractivity contribution in [2.24, 2.45) is 5.92 Å². The fourth-order valence-electron chi connectivity index (χ4n) is 2.12. The van der Waals surface area contributed by atoms with E-state index >= 15 is 0 Å². The predicted molar refractivity (Wildman–Crippen MR) is 70.8 cm³/mol. The molecule has 1 amide bonds. The van der Waals surface area contributed by atoms with Crippen molar-refractivity contribution in [3.63, 3.8) is 0 Å². The minimum absolute atomic E-state index is 0.249. The Bertz CT molecular complexity index is 382. The van der Waals surface area contributed by atoms with Gasteiger partial charge in [0, 0.05) is 23.8 Å². The molecule has 1 fully saturated rings. The number of nitrogen functional groups attached to an aromatic ring is 1. The number of hydrogen-bond acceptors (Lipinski definition) is 2. The minimum Gasteiger partial charge on any atom is -0.399 e. The van der Waals surface area contributed by atoms with E-state index in [4.69, 9.17) is 5.73 Å². The molecule has 17 heavy (non-hydrogen) atoms. The van der Waals surface area contributed by atoms with Crippen molar-refractivity contribution in [1.82, 2.24) is 0 Å². The monoisotopic (exact) mass is 232 g/mol. The van der Waals surface area contributed by atoms with E-state index < -0.39 is 0 Å². The van der Waals surface area contributed by atoms with Crippen LogP contribution in [0, 0.1) is 5.92 Å². The van der Waals surface area contributed by atoms with E-state index in [0.29, 0.717) is 0 Å². The zero-order valence-electron chi connectivity index (χ0n) is 10.4. The number of rotatable bonds is 4. The molecular formula is C14H20N2O. The largest absolute Gasteiger partial charge is 0.399 e. The van der Waals surface area contributed by atoms with Crippen LogP contribution in [0.4, 0.5) is 11.4 Å². The number of amides is 1. The highest BCUT2D eigenvalue weighted by Crippen LogP contribution is 2.30. The van der Waals surface area contributed by atoms with Gasteiger partial charge < -0.3 is 10.6 Å². The third-order valence-corrected chi connectivity index (χ3v) is 3.37. The zero-order valence-corrected chi connectivity index (χ0v) is 10.4. The Morgan fingerprint density at radius 3 is 2.47 bits per heavy atom. The number of hydrogen-bond donors (Lipinski definition) is 1. The molecule has 3 nitrogen and oxygen atoms in total. The average Bonchev–Trinajstić information content (AvgIpc) is 2.25. The van der Waals surface area contributed by atoms with Gasteiger partial charge in [-0.3, -0.25) is 4.79 Å². The molecule has 1 aliphatic carbocycles. The summed E-state index contributed by atoms with van der Waals surface area (Å²) in [5.74, 6) is 0.530. The first-order chi connectivity index (χ1) is 8.22. The fourth-order valence-corrected chi connectivity index (χ4v) is 2.12. The van der Waals surface area contributed by atoms with Gasteiger partial charge in [-0.1, -0.05) is 13.3 Å². The van der Waals surface area contributed by atoms with Crippen molar-refractivity contribution in [2.45, 2.75) is 32.6 Å². The summed E-state index contributed by atoms with van der Waals surface area (Å²) in [6.07, 6.45) is 4.27. The van der Waals surface area contributed by atoms with Crippen molar-refractivity contribution in [3.8, 4) is 0 Å². The van der Waals surface area contributed by atoms with Gasteiger partial charge in [-0.25, -0.2) is 0 Å². The molecule has 1 aliphatic rings. The van der Waals surface area contributed by atoms with Gasteiger partial charge >= 0.3 is 0 Å². The average molecular weight is 232 g/mol. The summed E-state index contributed by atoms with van der Waals surface area (Å²) in [6.45, 7) is 2.89. The van der Waals surface area contributed by atoms with E-state index in [1.807, 2.05) is 29.2 Å².